The maximum atomic E-state index is 4.75. The summed E-state index contributed by atoms with van der Waals surface area (Å²) in [5, 5.41) is 4.52. The molecule has 3 aromatic rings. The van der Waals surface area contributed by atoms with Crippen molar-refractivity contribution < 1.29 is 0 Å². The molecule has 0 atom stereocenters. The molecule has 1 fully saturated rings. The molecule has 0 radical (unpaired) electrons. The van der Waals surface area contributed by atoms with Crippen LogP contribution >= 0.6 is 11.3 Å². The molecule has 0 spiro atoms. The standard InChI is InChI=1S/C15H12N2S/c1-2-11-8-12(5-6-13(11)16-7-1)15-17-14(9-18-15)10-3-4-10/h1-2,5-10H,3-4H2. The molecule has 1 saturated carbocycles. The van der Waals surface area contributed by atoms with E-state index in [0.29, 0.717) is 0 Å². The molecule has 0 aliphatic heterocycles. The van der Waals surface area contributed by atoms with E-state index < -0.39 is 0 Å². The highest BCUT2D eigenvalue weighted by Crippen LogP contribution is 2.41. The van der Waals surface area contributed by atoms with Crippen LogP contribution in [0.4, 0.5) is 0 Å². The van der Waals surface area contributed by atoms with Gasteiger partial charge in [-0.2, -0.15) is 0 Å². The van der Waals surface area contributed by atoms with Gasteiger partial charge >= 0.3 is 0 Å². The Kier molecular flexibility index (Phi) is 2.20. The van der Waals surface area contributed by atoms with E-state index in [1.165, 1.54) is 29.5 Å². The molecule has 1 aliphatic rings. The van der Waals surface area contributed by atoms with Gasteiger partial charge < -0.3 is 0 Å². The van der Waals surface area contributed by atoms with Crippen LogP contribution in [0.2, 0.25) is 0 Å². The van der Waals surface area contributed by atoms with Crippen LogP contribution in [0.5, 0.6) is 0 Å². The number of pyridine rings is 1. The third-order valence-corrected chi connectivity index (χ3v) is 4.28. The first-order valence-corrected chi connectivity index (χ1v) is 7.09. The third-order valence-electron chi connectivity index (χ3n) is 3.37. The molecular formula is C15H12N2S. The SMILES string of the molecule is c1cnc2ccc(-c3nc(C4CC4)cs3)cc2c1. The fourth-order valence-electron chi connectivity index (χ4n) is 2.19. The minimum atomic E-state index is 0.733. The first-order valence-electron chi connectivity index (χ1n) is 6.21. The molecule has 0 bridgehead atoms. The van der Waals surface area contributed by atoms with Gasteiger partial charge in [0, 0.05) is 28.4 Å². The summed E-state index contributed by atoms with van der Waals surface area (Å²) in [6, 6.07) is 10.4. The Morgan fingerprint density at radius 2 is 2.11 bits per heavy atom. The van der Waals surface area contributed by atoms with Crippen LogP contribution in [0.15, 0.2) is 41.9 Å². The Balaban J connectivity index is 1.80. The van der Waals surface area contributed by atoms with Crippen LogP contribution < -0.4 is 0 Å². The molecule has 3 heteroatoms. The van der Waals surface area contributed by atoms with Crippen LogP contribution in [0.3, 0.4) is 0 Å². The number of fused-ring (bicyclic) bond motifs is 1. The van der Waals surface area contributed by atoms with Crippen molar-refractivity contribution in [3.63, 3.8) is 0 Å². The van der Waals surface area contributed by atoms with Crippen molar-refractivity contribution in [1.29, 1.82) is 0 Å². The first kappa shape index (κ1) is 10.2. The molecule has 1 aliphatic carbocycles. The van der Waals surface area contributed by atoms with Crippen LogP contribution in [0.25, 0.3) is 21.5 Å². The summed E-state index contributed by atoms with van der Waals surface area (Å²) in [4.78, 5) is 9.09. The second-order valence-corrected chi connectivity index (χ2v) is 5.62. The zero-order valence-electron chi connectivity index (χ0n) is 9.84. The Hall–Kier alpha value is -1.74. The third kappa shape index (κ3) is 1.71. The Labute approximate surface area is 109 Å². The summed E-state index contributed by atoms with van der Waals surface area (Å²) in [5.41, 5.74) is 3.52. The fraction of sp³-hybridized carbons (Fsp3) is 0.200. The minimum Gasteiger partial charge on any atom is -0.256 e. The van der Waals surface area contributed by atoms with Crippen LogP contribution in [0.1, 0.15) is 24.5 Å². The lowest BCUT2D eigenvalue weighted by molar-refractivity contribution is 1.05. The van der Waals surface area contributed by atoms with Gasteiger partial charge in [0.25, 0.3) is 0 Å². The summed E-state index contributed by atoms with van der Waals surface area (Å²) >= 11 is 1.75. The first-order chi connectivity index (χ1) is 8.90. The second-order valence-electron chi connectivity index (χ2n) is 4.76. The highest BCUT2D eigenvalue weighted by Gasteiger charge is 2.26. The van der Waals surface area contributed by atoms with Crippen LogP contribution in [0, 0.1) is 0 Å². The van der Waals surface area contributed by atoms with E-state index in [9.17, 15) is 0 Å². The number of thiazole rings is 1. The molecule has 1 aromatic carbocycles. The number of nitrogens with zero attached hydrogens (tertiary/aromatic N) is 2. The summed E-state index contributed by atoms with van der Waals surface area (Å²) in [5.74, 6) is 0.733. The van der Waals surface area contributed by atoms with Gasteiger partial charge in [-0.05, 0) is 37.1 Å². The van der Waals surface area contributed by atoms with Crippen LogP contribution in [-0.4, -0.2) is 9.97 Å². The number of hydrogen-bond donors (Lipinski definition) is 0. The molecule has 4 rings (SSSR count). The Bertz CT molecular complexity index is 713. The molecule has 0 saturated heterocycles. The van der Waals surface area contributed by atoms with Crippen molar-refractivity contribution in [3.8, 4) is 10.6 Å². The molecule has 2 aromatic heterocycles. The number of aromatic nitrogens is 2. The highest BCUT2D eigenvalue weighted by atomic mass is 32.1. The molecule has 0 N–H and O–H groups in total. The maximum absolute atomic E-state index is 4.75. The Morgan fingerprint density at radius 1 is 1.17 bits per heavy atom. The van der Waals surface area contributed by atoms with E-state index >= 15 is 0 Å². The lowest BCUT2D eigenvalue weighted by Crippen LogP contribution is -1.82. The molecular weight excluding hydrogens is 240 g/mol. The predicted octanol–water partition coefficient (Wildman–Crippen LogP) is 4.24. The monoisotopic (exact) mass is 252 g/mol. The molecule has 2 nitrogen and oxygen atoms in total. The maximum Gasteiger partial charge on any atom is 0.123 e. The topological polar surface area (TPSA) is 25.8 Å². The molecule has 2 heterocycles. The van der Waals surface area contributed by atoms with Gasteiger partial charge in [0.1, 0.15) is 5.01 Å². The molecule has 88 valence electrons. The zero-order chi connectivity index (χ0) is 11.9. The quantitative estimate of drug-likeness (QED) is 0.682. The highest BCUT2D eigenvalue weighted by molar-refractivity contribution is 7.13. The van der Waals surface area contributed by atoms with Crippen molar-refractivity contribution in [1.82, 2.24) is 9.97 Å². The lowest BCUT2D eigenvalue weighted by Gasteiger charge is -1.99. The lowest BCUT2D eigenvalue weighted by atomic mass is 10.1. The molecule has 0 unspecified atom stereocenters. The van der Waals surface area contributed by atoms with E-state index in [0.717, 1.165) is 16.4 Å². The smallest absolute Gasteiger partial charge is 0.123 e. The van der Waals surface area contributed by atoms with Gasteiger partial charge in [-0.15, -0.1) is 11.3 Å². The average molecular weight is 252 g/mol. The number of hydrogen-bond acceptors (Lipinski definition) is 3. The number of rotatable bonds is 2. The molecule has 18 heavy (non-hydrogen) atoms. The van der Waals surface area contributed by atoms with E-state index in [2.05, 4.69) is 34.6 Å². The summed E-state index contributed by atoms with van der Waals surface area (Å²) in [6.45, 7) is 0. The predicted molar refractivity (Wildman–Crippen MR) is 74.8 cm³/mol. The van der Waals surface area contributed by atoms with E-state index in [1.807, 2.05) is 12.3 Å². The van der Waals surface area contributed by atoms with Gasteiger partial charge in [-0.1, -0.05) is 6.07 Å². The van der Waals surface area contributed by atoms with E-state index in [4.69, 9.17) is 4.98 Å². The fourth-order valence-corrected chi connectivity index (χ4v) is 3.09. The van der Waals surface area contributed by atoms with Gasteiger partial charge in [0.2, 0.25) is 0 Å². The largest absolute Gasteiger partial charge is 0.256 e. The second kappa shape index (κ2) is 3.89. The van der Waals surface area contributed by atoms with Crippen LogP contribution in [-0.2, 0) is 0 Å². The summed E-state index contributed by atoms with van der Waals surface area (Å²) < 4.78 is 0. The summed E-state index contributed by atoms with van der Waals surface area (Å²) in [6.07, 6.45) is 4.45. The van der Waals surface area contributed by atoms with Gasteiger partial charge in [0.05, 0.1) is 11.2 Å². The van der Waals surface area contributed by atoms with Gasteiger partial charge in [-0.25, -0.2) is 4.98 Å². The van der Waals surface area contributed by atoms with Crippen molar-refractivity contribution in [2.45, 2.75) is 18.8 Å². The van der Waals surface area contributed by atoms with Crippen molar-refractivity contribution in [3.05, 3.63) is 47.6 Å². The van der Waals surface area contributed by atoms with Gasteiger partial charge in [0.15, 0.2) is 0 Å². The van der Waals surface area contributed by atoms with E-state index in [1.54, 1.807) is 11.3 Å². The van der Waals surface area contributed by atoms with Crippen molar-refractivity contribution in [2.24, 2.45) is 0 Å². The normalized spacial score (nSPS) is 15.1. The van der Waals surface area contributed by atoms with Gasteiger partial charge in [-0.3, -0.25) is 4.98 Å². The van der Waals surface area contributed by atoms with E-state index in [-0.39, 0.29) is 0 Å². The number of benzene rings is 1. The zero-order valence-corrected chi connectivity index (χ0v) is 10.7. The molecule has 0 amide bonds. The summed E-state index contributed by atoms with van der Waals surface area (Å²) in [7, 11) is 0. The Morgan fingerprint density at radius 3 is 3.00 bits per heavy atom. The van der Waals surface area contributed by atoms with Crippen molar-refractivity contribution >= 4 is 22.2 Å². The minimum absolute atomic E-state index is 0.733. The van der Waals surface area contributed by atoms with Crippen molar-refractivity contribution in [2.75, 3.05) is 0 Å². The average Bonchev–Trinajstić information content (AvgIpc) is 3.16.